The molecule has 0 unspecified atom stereocenters. The number of hydrogen-bond donors (Lipinski definition) is 1. The van der Waals surface area contributed by atoms with E-state index in [1.54, 1.807) is 24.5 Å². The van der Waals surface area contributed by atoms with Crippen LogP contribution in [0.3, 0.4) is 0 Å². The Morgan fingerprint density at radius 1 is 1.33 bits per heavy atom. The van der Waals surface area contributed by atoms with Crippen LogP contribution in [-0.4, -0.2) is 19.6 Å². The molecule has 1 heterocycles. The molecule has 21 heavy (non-hydrogen) atoms. The van der Waals surface area contributed by atoms with E-state index in [0.717, 1.165) is 10.4 Å². The Morgan fingerprint density at radius 3 is 2.71 bits per heavy atom. The molecule has 0 bridgehead atoms. The zero-order chi connectivity index (χ0) is 15.2. The maximum absolute atomic E-state index is 12.0. The molecule has 2 rings (SSSR count). The number of halogens is 1. The van der Waals surface area contributed by atoms with E-state index in [4.69, 9.17) is 16.3 Å². The third-order valence-electron chi connectivity index (χ3n) is 3.16. The summed E-state index contributed by atoms with van der Waals surface area (Å²) in [6.45, 7) is 2.51. The molecule has 1 aromatic carbocycles. The Morgan fingerprint density at radius 2 is 2.10 bits per heavy atom. The summed E-state index contributed by atoms with van der Waals surface area (Å²) in [7, 11) is 1.65. The van der Waals surface area contributed by atoms with E-state index in [9.17, 15) is 4.79 Å². The van der Waals surface area contributed by atoms with Crippen LogP contribution in [0.25, 0.3) is 0 Å². The van der Waals surface area contributed by atoms with Crippen molar-refractivity contribution in [2.45, 2.75) is 19.4 Å². The summed E-state index contributed by atoms with van der Waals surface area (Å²) in [5.74, 6) is -0.0570. The maximum atomic E-state index is 12.0. The fourth-order valence-corrected chi connectivity index (χ4v) is 3.17. The molecule has 1 amide bonds. The monoisotopic (exact) mass is 323 g/mol. The van der Waals surface area contributed by atoms with Gasteiger partial charge in [-0.15, -0.1) is 11.3 Å². The number of methoxy groups -OCH3 is 1. The van der Waals surface area contributed by atoms with E-state index < -0.39 is 0 Å². The van der Waals surface area contributed by atoms with Gasteiger partial charge < -0.3 is 10.1 Å². The van der Waals surface area contributed by atoms with E-state index in [-0.39, 0.29) is 18.4 Å². The van der Waals surface area contributed by atoms with Crippen LogP contribution in [0, 0.1) is 6.92 Å². The summed E-state index contributed by atoms with van der Waals surface area (Å²) in [6.07, 6.45) is 0.165. The van der Waals surface area contributed by atoms with Crippen molar-refractivity contribution in [3.8, 4) is 0 Å². The number of aryl methyl sites for hydroxylation is 1. The predicted molar refractivity (Wildman–Crippen MR) is 87.0 cm³/mol. The van der Waals surface area contributed by atoms with Gasteiger partial charge >= 0.3 is 0 Å². The molecule has 0 spiro atoms. The molecule has 0 aliphatic heterocycles. The molecule has 0 saturated carbocycles. The Kier molecular flexibility index (Phi) is 5.79. The highest BCUT2D eigenvalue weighted by atomic mass is 35.5. The van der Waals surface area contributed by atoms with Crippen LogP contribution in [0.2, 0.25) is 5.02 Å². The number of hydrogen-bond acceptors (Lipinski definition) is 3. The Balaban J connectivity index is 1.89. The number of ether oxygens (including phenoxy) is 1. The van der Waals surface area contributed by atoms with Crippen molar-refractivity contribution in [3.05, 3.63) is 56.7 Å². The molecule has 0 fully saturated rings. The highest BCUT2D eigenvalue weighted by molar-refractivity contribution is 7.12. The largest absolute Gasteiger partial charge is 0.374 e. The van der Waals surface area contributed by atoms with Gasteiger partial charge in [0.1, 0.15) is 6.10 Å². The van der Waals surface area contributed by atoms with Gasteiger partial charge in [0, 0.05) is 28.4 Å². The fourth-order valence-electron chi connectivity index (χ4n) is 2.01. The fraction of sp³-hybridized carbons (Fsp3) is 0.312. The lowest BCUT2D eigenvalue weighted by atomic mass is 10.1. The summed E-state index contributed by atoms with van der Waals surface area (Å²) in [5, 5.41) is 3.52. The number of nitrogens with one attached hydrogen (secondary N) is 1. The highest BCUT2D eigenvalue weighted by Gasteiger charge is 2.14. The standard InChI is InChI=1S/C16H18ClNO2S/c1-11-7-8-15(21-11)14(20-2)10-18-16(19)9-12-5-3-4-6-13(12)17/h3-8,14H,9-10H2,1-2H3,(H,18,19)/t14-/m1/s1. The molecular formula is C16H18ClNO2S. The van der Waals surface area contributed by atoms with Crippen LogP contribution < -0.4 is 5.32 Å². The number of carbonyl (C=O) groups excluding carboxylic acids is 1. The normalized spacial score (nSPS) is 12.1. The van der Waals surface area contributed by atoms with Crippen LogP contribution in [0.1, 0.15) is 21.4 Å². The quantitative estimate of drug-likeness (QED) is 0.879. The van der Waals surface area contributed by atoms with Crippen molar-refractivity contribution in [2.75, 3.05) is 13.7 Å². The first-order chi connectivity index (χ1) is 10.1. The van der Waals surface area contributed by atoms with Gasteiger partial charge in [0.25, 0.3) is 0 Å². The second kappa shape index (κ2) is 7.59. The molecule has 1 N–H and O–H groups in total. The van der Waals surface area contributed by atoms with Crippen molar-refractivity contribution in [1.29, 1.82) is 0 Å². The van der Waals surface area contributed by atoms with E-state index in [1.165, 1.54) is 4.88 Å². The van der Waals surface area contributed by atoms with Crippen molar-refractivity contribution in [2.24, 2.45) is 0 Å². The topological polar surface area (TPSA) is 38.3 Å². The summed E-state index contributed by atoms with van der Waals surface area (Å²) >= 11 is 7.74. The van der Waals surface area contributed by atoms with Gasteiger partial charge in [0.15, 0.2) is 0 Å². The van der Waals surface area contributed by atoms with E-state index in [1.807, 2.05) is 24.3 Å². The second-order valence-corrected chi connectivity index (χ2v) is 6.47. The lowest BCUT2D eigenvalue weighted by Crippen LogP contribution is -2.30. The lowest BCUT2D eigenvalue weighted by molar-refractivity contribution is -0.121. The van der Waals surface area contributed by atoms with Crippen LogP contribution in [0.4, 0.5) is 0 Å². The van der Waals surface area contributed by atoms with Crippen LogP contribution in [-0.2, 0) is 16.0 Å². The molecule has 112 valence electrons. The Labute approximate surface area is 133 Å². The highest BCUT2D eigenvalue weighted by Crippen LogP contribution is 2.24. The summed E-state index contributed by atoms with van der Waals surface area (Å²) < 4.78 is 5.44. The summed E-state index contributed by atoms with van der Waals surface area (Å²) in [5.41, 5.74) is 0.831. The number of thiophene rings is 1. The second-order valence-electron chi connectivity index (χ2n) is 4.75. The molecule has 0 aliphatic carbocycles. The molecule has 5 heteroatoms. The molecule has 0 aliphatic rings. The Bertz CT molecular complexity index is 612. The van der Waals surface area contributed by atoms with Crippen molar-refractivity contribution in [1.82, 2.24) is 5.32 Å². The lowest BCUT2D eigenvalue weighted by Gasteiger charge is -2.15. The van der Waals surface area contributed by atoms with E-state index in [0.29, 0.717) is 11.6 Å². The minimum atomic E-state index is -0.112. The first-order valence-electron chi connectivity index (χ1n) is 6.69. The number of rotatable bonds is 6. The molecule has 3 nitrogen and oxygen atoms in total. The van der Waals surface area contributed by atoms with E-state index >= 15 is 0 Å². The third-order valence-corrected chi connectivity index (χ3v) is 4.62. The average Bonchev–Trinajstić information content (AvgIpc) is 2.89. The molecule has 2 aromatic rings. The summed E-state index contributed by atoms with van der Waals surface area (Å²) in [6, 6.07) is 11.5. The maximum Gasteiger partial charge on any atom is 0.224 e. The van der Waals surface area contributed by atoms with Crippen LogP contribution >= 0.6 is 22.9 Å². The van der Waals surface area contributed by atoms with Crippen molar-refractivity contribution in [3.63, 3.8) is 0 Å². The summed E-state index contributed by atoms with van der Waals surface area (Å²) in [4.78, 5) is 14.3. The zero-order valence-electron chi connectivity index (χ0n) is 12.1. The smallest absolute Gasteiger partial charge is 0.224 e. The van der Waals surface area contributed by atoms with Crippen molar-refractivity contribution < 1.29 is 9.53 Å². The van der Waals surface area contributed by atoms with Crippen LogP contribution in [0.15, 0.2) is 36.4 Å². The average molecular weight is 324 g/mol. The van der Waals surface area contributed by atoms with E-state index in [2.05, 4.69) is 18.3 Å². The molecule has 0 saturated heterocycles. The molecule has 1 aromatic heterocycles. The molecule has 0 radical (unpaired) electrons. The molecular weight excluding hydrogens is 306 g/mol. The number of benzene rings is 1. The molecule has 1 atom stereocenters. The van der Waals surface area contributed by atoms with Gasteiger partial charge in [-0.3, -0.25) is 4.79 Å². The first kappa shape index (κ1) is 16.0. The van der Waals surface area contributed by atoms with Crippen LogP contribution in [0.5, 0.6) is 0 Å². The minimum Gasteiger partial charge on any atom is -0.374 e. The first-order valence-corrected chi connectivity index (χ1v) is 7.89. The number of amides is 1. The van der Waals surface area contributed by atoms with Gasteiger partial charge in [-0.2, -0.15) is 0 Å². The van der Waals surface area contributed by atoms with Gasteiger partial charge in [-0.05, 0) is 30.7 Å². The van der Waals surface area contributed by atoms with Gasteiger partial charge in [0.05, 0.1) is 6.42 Å². The van der Waals surface area contributed by atoms with Crippen molar-refractivity contribution >= 4 is 28.8 Å². The van der Waals surface area contributed by atoms with Gasteiger partial charge in [0.2, 0.25) is 5.91 Å². The van der Waals surface area contributed by atoms with Gasteiger partial charge in [-0.25, -0.2) is 0 Å². The SMILES string of the molecule is CO[C@H](CNC(=O)Cc1ccccc1Cl)c1ccc(C)s1. The minimum absolute atomic E-state index is 0.0570. The number of carbonyl (C=O) groups is 1. The zero-order valence-corrected chi connectivity index (χ0v) is 13.6. The third kappa shape index (κ3) is 4.56. The van der Waals surface area contributed by atoms with Gasteiger partial charge in [-0.1, -0.05) is 29.8 Å². The predicted octanol–water partition coefficient (Wildman–Crippen LogP) is 3.76. The Hall–Kier alpha value is -1.36.